The van der Waals surface area contributed by atoms with Gasteiger partial charge in [0.25, 0.3) is 0 Å². The van der Waals surface area contributed by atoms with Crippen molar-refractivity contribution >= 4 is 15.9 Å². The largest absolute Gasteiger partial charge is 0.486 e. The molecule has 7 nitrogen and oxygen atoms in total. The van der Waals surface area contributed by atoms with Crippen LogP contribution in [0.5, 0.6) is 11.5 Å². The van der Waals surface area contributed by atoms with Crippen molar-refractivity contribution in [1.29, 1.82) is 0 Å². The number of hydrogen-bond acceptors (Lipinski definition) is 5. The zero-order chi connectivity index (χ0) is 16.4. The molecule has 1 aromatic carbocycles. The number of sulfone groups is 1. The van der Waals surface area contributed by atoms with Crippen LogP contribution in [0.1, 0.15) is 6.42 Å². The lowest BCUT2D eigenvalue weighted by Gasteiger charge is -2.28. The zero-order valence-corrected chi connectivity index (χ0v) is 13.7. The number of fused-ring (bicyclic) bond motifs is 1. The van der Waals surface area contributed by atoms with E-state index in [4.69, 9.17) is 9.47 Å². The van der Waals surface area contributed by atoms with E-state index in [2.05, 4.69) is 5.32 Å². The first-order valence-corrected chi connectivity index (χ1v) is 9.36. The third kappa shape index (κ3) is 3.69. The number of amides is 2. The van der Waals surface area contributed by atoms with E-state index < -0.39 is 9.84 Å². The zero-order valence-electron chi connectivity index (χ0n) is 12.9. The average molecular weight is 340 g/mol. The molecule has 0 radical (unpaired) electrons. The first-order valence-electron chi connectivity index (χ1n) is 7.54. The third-order valence-corrected chi connectivity index (χ3v) is 5.88. The summed E-state index contributed by atoms with van der Waals surface area (Å²) in [5.74, 6) is 1.54. The fourth-order valence-electron chi connectivity index (χ4n) is 2.74. The highest BCUT2D eigenvalue weighted by Crippen LogP contribution is 2.30. The van der Waals surface area contributed by atoms with Crippen LogP contribution >= 0.6 is 0 Å². The molecule has 0 spiro atoms. The summed E-state index contributed by atoms with van der Waals surface area (Å²) in [4.78, 5) is 13.6. The molecule has 1 saturated heterocycles. The number of para-hydroxylation sites is 2. The van der Waals surface area contributed by atoms with E-state index in [1.54, 1.807) is 7.05 Å². The lowest BCUT2D eigenvalue weighted by molar-refractivity contribution is 0.0900. The molecular weight excluding hydrogens is 320 g/mol. The van der Waals surface area contributed by atoms with Crippen LogP contribution in [0.2, 0.25) is 0 Å². The van der Waals surface area contributed by atoms with Crippen LogP contribution in [0.15, 0.2) is 24.3 Å². The number of urea groups is 1. The van der Waals surface area contributed by atoms with Crippen molar-refractivity contribution in [3.63, 3.8) is 0 Å². The molecular formula is C15H20N2O5S. The first-order chi connectivity index (χ1) is 10.9. The van der Waals surface area contributed by atoms with E-state index in [1.165, 1.54) is 4.90 Å². The highest BCUT2D eigenvalue weighted by molar-refractivity contribution is 7.91. The smallest absolute Gasteiger partial charge is 0.317 e. The Bertz CT molecular complexity index is 691. The van der Waals surface area contributed by atoms with Crippen molar-refractivity contribution in [3.8, 4) is 11.5 Å². The Morgan fingerprint density at radius 1 is 1.35 bits per heavy atom. The van der Waals surface area contributed by atoms with Crippen molar-refractivity contribution in [2.45, 2.75) is 18.6 Å². The highest BCUT2D eigenvalue weighted by Gasteiger charge is 2.33. The Labute approximate surface area is 135 Å². The number of ether oxygens (including phenoxy) is 2. The number of nitrogens with zero attached hydrogens (tertiary/aromatic N) is 1. The molecule has 1 aromatic rings. The predicted molar refractivity (Wildman–Crippen MR) is 84.6 cm³/mol. The van der Waals surface area contributed by atoms with Crippen molar-refractivity contribution in [2.75, 3.05) is 31.7 Å². The van der Waals surface area contributed by atoms with Crippen LogP contribution in [0, 0.1) is 0 Å². The number of nitrogens with one attached hydrogen (secondary N) is 1. The topological polar surface area (TPSA) is 84.9 Å². The van der Waals surface area contributed by atoms with Gasteiger partial charge in [-0.05, 0) is 18.6 Å². The van der Waals surface area contributed by atoms with Gasteiger partial charge in [0.1, 0.15) is 6.61 Å². The summed E-state index contributed by atoms with van der Waals surface area (Å²) in [7, 11) is -1.39. The minimum atomic E-state index is -3.01. The molecule has 8 heteroatoms. The summed E-state index contributed by atoms with van der Waals surface area (Å²) < 4.78 is 34.3. The van der Waals surface area contributed by atoms with Crippen molar-refractivity contribution in [2.24, 2.45) is 0 Å². The molecule has 0 bridgehead atoms. The first kappa shape index (κ1) is 15.9. The van der Waals surface area contributed by atoms with E-state index in [0.29, 0.717) is 31.1 Å². The molecule has 2 atom stereocenters. The standard InChI is InChI=1S/C15H20N2O5S/c1-17(11-6-7-23(19,20)10-11)15(18)16-8-12-9-21-13-4-2-3-5-14(13)22-12/h2-5,11-12H,6-10H2,1H3,(H,16,18)/t11-,12+/m1/s1. The normalized spacial score (nSPS) is 24.9. The SMILES string of the molecule is CN(C(=O)NC[C@H]1COc2ccccc2O1)[C@@H]1CCS(=O)(=O)C1. The molecule has 2 aliphatic rings. The minimum Gasteiger partial charge on any atom is -0.486 e. The highest BCUT2D eigenvalue weighted by atomic mass is 32.2. The second-order valence-corrected chi connectivity index (χ2v) is 8.08. The van der Waals surface area contributed by atoms with Crippen molar-refractivity contribution < 1.29 is 22.7 Å². The number of hydrogen-bond donors (Lipinski definition) is 1. The third-order valence-electron chi connectivity index (χ3n) is 4.12. The van der Waals surface area contributed by atoms with Gasteiger partial charge in [-0.1, -0.05) is 12.1 Å². The molecule has 0 unspecified atom stereocenters. The van der Waals surface area contributed by atoms with E-state index >= 15 is 0 Å². The molecule has 1 fully saturated rings. The lowest BCUT2D eigenvalue weighted by atomic mass is 10.2. The van der Waals surface area contributed by atoms with Crippen LogP contribution in [0.25, 0.3) is 0 Å². The monoisotopic (exact) mass is 340 g/mol. The van der Waals surface area contributed by atoms with Gasteiger partial charge in [0.2, 0.25) is 0 Å². The van der Waals surface area contributed by atoms with Crippen LogP contribution < -0.4 is 14.8 Å². The molecule has 2 heterocycles. The molecule has 126 valence electrons. The van der Waals surface area contributed by atoms with E-state index in [0.717, 1.165) is 0 Å². The van der Waals surface area contributed by atoms with Crippen molar-refractivity contribution in [3.05, 3.63) is 24.3 Å². The van der Waals surface area contributed by atoms with Gasteiger partial charge < -0.3 is 19.7 Å². The van der Waals surface area contributed by atoms with Crippen molar-refractivity contribution in [1.82, 2.24) is 10.2 Å². The summed E-state index contributed by atoms with van der Waals surface area (Å²) >= 11 is 0. The summed E-state index contributed by atoms with van der Waals surface area (Å²) in [6, 6.07) is 6.82. The fourth-order valence-corrected chi connectivity index (χ4v) is 4.51. The average Bonchev–Trinajstić information content (AvgIpc) is 2.91. The van der Waals surface area contributed by atoms with Crippen LogP contribution in [-0.2, 0) is 9.84 Å². The molecule has 2 amide bonds. The molecule has 0 saturated carbocycles. The molecule has 3 rings (SSSR count). The Kier molecular flexibility index (Phi) is 4.34. The second-order valence-electron chi connectivity index (χ2n) is 5.85. The van der Waals surface area contributed by atoms with Gasteiger partial charge >= 0.3 is 6.03 Å². The summed E-state index contributed by atoms with van der Waals surface area (Å²) in [5.41, 5.74) is 0. The van der Waals surface area contributed by atoms with Gasteiger partial charge in [0.05, 0.1) is 18.1 Å². The number of benzene rings is 1. The minimum absolute atomic E-state index is 0.0351. The maximum Gasteiger partial charge on any atom is 0.317 e. The molecule has 2 aliphatic heterocycles. The van der Waals surface area contributed by atoms with Crippen LogP contribution in [0.3, 0.4) is 0 Å². The van der Waals surface area contributed by atoms with Gasteiger partial charge in [-0.2, -0.15) is 0 Å². The summed E-state index contributed by atoms with van der Waals surface area (Å²) in [5, 5.41) is 2.77. The summed E-state index contributed by atoms with van der Waals surface area (Å²) in [6.07, 6.45) is 0.220. The summed E-state index contributed by atoms with van der Waals surface area (Å²) in [6.45, 7) is 0.662. The Balaban J connectivity index is 1.50. The number of rotatable bonds is 3. The number of carbonyl (C=O) groups excluding carboxylic acids is 1. The lowest BCUT2D eigenvalue weighted by Crippen LogP contribution is -2.48. The van der Waals surface area contributed by atoms with Gasteiger partial charge in [0, 0.05) is 13.1 Å². The van der Waals surface area contributed by atoms with E-state index in [9.17, 15) is 13.2 Å². The van der Waals surface area contributed by atoms with Crippen LogP contribution in [-0.4, -0.2) is 63.2 Å². The Morgan fingerprint density at radius 3 is 2.78 bits per heavy atom. The maximum absolute atomic E-state index is 12.2. The second kappa shape index (κ2) is 6.27. The van der Waals surface area contributed by atoms with Gasteiger partial charge in [-0.25, -0.2) is 13.2 Å². The van der Waals surface area contributed by atoms with Gasteiger partial charge in [-0.3, -0.25) is 0 Å². The Morgan fingerprint density at radius 2 is 2.09 bits per heavy atom. The predicted octanol–water partition coefficient (Wildman–Crippen LogP) is 0.655. The molecule has 0 aliphatic carbocycles. The Hall–Kier alpha value is -1.96. The molecule has 0 aromatic heterocycles. The van der Waals surface area contributed by atoms with Crippen LogP contribution in [0.4, 0.5) is 4.79 Å². The quantitative estimate of drug-likeness (QED) is 0.873. The number of carbonyl (C=O) groups is 1. The molecule has 1 N–H and O–H groups in total. The maximum atomic E-state index is 12.2. The fraction of sp³-hybridized carbons (Fsp3) is 0.533. The van der Waals surface area contributed by atoms with E-state index in [-0.39, 0.29) is 29.7 Å². The van der Waals surface area contributed by atoms with Gasteiger partial charge in [0.15, 0.2) is 27.4 Å². The van der Waals surface area contributed by atoms with E-state index in [1.807, 2.05) is 24.3 Å². The van der Waals surface area contributed by atoms with Gasteiger partial charge in [-0.15, -0.1) is 0 Å². The molecule has 23 heavy (non-hydrogen) atoms.